The van der Waals surface area contributed by atoms with E-state index in [2.05, 4.69) is 181 Å². The number of halogens is 1. The summed E-state index contributed by atoms with van der Waals surface area (Å²) in [5.41, 5.74) is 0. The minimum Gasteiger partial charge on any atom is -1.00 e. The van der Waals surface area contributed by atoms with Crippen molar-refractivity contribution in [1.82, 2.24) is 0 Å². The van der Waals surface area contributed by atoms with E-state index in [1.54, 1.807) is 26.0 Å². The topological polar surface area (TPSA) is 188 Å². The van der Waals surface area contributed by atoms with Crippen LogP contribution in [0.2, 0.25) is 0 Å². The Balaban J connectivity index is -0.0000000899. The Bertz CT molecular complexity index is 1550. The minimum absolute atomic E-state index is 0. The molecular formula is C84H178BrNaO13P+. The van der Waals surface area contributed by atoms with Crippen LogP contribution in [0.5, 0.6) is 0 Å². The predicted molar refractivity (Wildman–Crippen MR) is 441 cm³/mol. The molecule has 13 nitrogen and oxygen atoms in total. The fraction of sp³-hybridized carbons (Fsp3) is 0.917. The molecule has 0 spiro atoms. The average molecular weight is 1530 g/mol. The molecule has 604 valence electrons. The van der Waals surface area contributed by atoms with Crippen molar-refractivity contribution in [2.45, 2.75) is 351 Å². The van der Waals surface area contributed by atoms with Gasteiger partial charge in [-0.25, -0.2) is 0 Å². The molecule has 8 unspecified atom stereocenters. The molecule has 1 saturated heterocycles. The zero-order chi connectivity index (χ0) is 78.6. The van der Waals surface area contributed by atoms with Crippen LogP contribution in [0.25, 0.3) is 0 Å². The van der Waals surface area contributed by atoms with Crippen molar-refractivity contribution >= 4 is 42.9 Å². The van der Waals surface area contributed by atoms with Crippen LogP contribution in [0.4, 0.5) is 0 Å². The maximum atomic E-state index is 10.4. The summed E-state index contributed by atoms with van der Waals surface area (Å²) < 4.78 is 33.6. The normalized spacial score (nSPS) is 16.1. The number of aldehydes is 2. The van der Waals surface area contributed by atoms with Crippen LogP contribution in [-0.4, -0.2) is 153 Å². The number of Topliss-reactive ketones (excluding diaryl/α,β-unsaturated/α-hetero) is 1. The number of allylic oxidation sites excluding steroid dienone is 1. The first-order valence-corrected chi connectivity index (χ1v) is 42.4. The molecule has 100 heavy (non-hydrogen) atoms. The standard InChI is InChI=1S/C12H24O2.C12H26O2.2C12H24O2.C11H22O.C8H18O.C8H16O.C4H10O2.C3H5Br.C2H7P.Na.H/c1-10(2)6-5-7-12(4)13-8-11(3)9-14-12;3*1-10(2)6-5-7-12(4)14-9-11(3)8-13;1-5-9-12-11(4)8-6-7-10(2)3;2*1-7(2)5-4-6-8(3)9;1-4(2-5)3-6;1-2-3-4;1-3-2;;/h10-11H,5-9H2,1-4H3;10-13H,5-9H2,1-4H3;2*8,10-12H,5-7,9H2,1-4H3;5,10-11H,1,6-9H2,2-4H3;7-9H,4-6H2,1-3H3;7H,4-6H2,1-3H3;4-6H,2-3H2,1H3;2H,1,3H2;3H,1-2H3;;/q;;;;;;;;;;+1;-1/p+1. The molecule has 0 aromatic heterocycles. The van der Waals surface area contributed by atoms with E-state index in [4.69, 9.17) is 48.8 Å². The number of aliphatic hydroxyl groups excluding tert-OH is 4. The van der Waals surface area contributed by atoms with Crippen LogP contribution in [0.15, 0.2) is 25.3 Å². The number of ketones is 1. The van der Waals surface area contributed by atoms with Gasteiger partial charge in [0.15, 0.2) is 5.79 Å². The Labute approximate surface area is 659 Å². The van der Waals surface area contributed by atoms with Crippen LogP contribution in [0.3, 0.4) is 0 Å². The van der Waals surface area contributed by atoms with Gasteiger partial charge >= 0.3 is 31.0 Å². The molecule has 1 aliphatic heterocycles. The van der Waals surface area contributed by atoms with E-state index in [0.717, 1.165) is 132 Å². The third kappa shape index (κ3) is 128. The number of carbonyl (C=O) groups excluding carboxylic acids is 3. The Hall–Kier alpha value is -0.000000000000000444. The Kier molecular flexibility index (Phi) is 111. The number of rotatable bonds is 46. The molecule has 0 amide bonds. The van der Waals surface area contributed by atoms with Crippen molar-refractivity contribution < 1.29 is 95.6 Å². The summed E-state index contributed by atoms with van der Waals surface area (Å²) in [5.74, 6) is 6.39. The zero-order valence-electron chi connectivity index (χ0n) is 73.8. The van der Waals surface area contributed by atoms with Crippen LogP contribution in [-0.2, 0) is 42.8 Å². The maximum Gasteiger partial charge on any atom is 1.00 e. The SMILES string of the molecule is C=CCBr.C=CCOC(C)CCCC(C)C.CC(=O)CCCC(C)C.CC(C)CCCC(C)O.CC(C)CCCC(C)OCC(C)C=O.CC(C)CCCC(C)OCC(C)C=O.CC(C)CCCC(C)OCC(C)CO.CC(C)CCCC1(C)OCC(C)CO1.CC(CO)CO.CPC.[H+].[H-].[Na+]. The zero-order valence-corrected chi connectivity index (χ0v) is 76.4. The smallest absolute Gasteiger partial charge is 1.00 e. The molecule has 16 heteroatoms. The monoisotopic (exact) mass is 1530 g/mol. The van der Waals surface area contributed by atoms with Crippen molar-refractivity contribution in [1.29, 1.82) is 0 Å². The van der Waals surface area contributed by atoms with E-state index >= 15 is 0 Å². The molecule has 0 aliphatic carbocycles. The Morgan fingerprint density at radius 1 is 0.510 bits per heavy atom. The fourth-order valence-corrected chi connectivity index (χ4v) is 8.25. The Morgan fingerprint density at radius 2 is 0.790 bits per heavy atom. The summed E-state index contributed by atoms with van der Waals surface area (Å²) in [7, 11) is 1.08. The number of carbonyl (C=O) groups is 3. The second kappa shape index (κ2) is 91.4. The van der Waals surface area contributed by atoms with Crippen molar-refractivity contribution in [2.75, 3.05) is 78.1 Å². The third-order valence-corrected chi connectivity index (χ3v) is 15.5. The summed E-state index contributed by atoms with van der Waals surface area (Å²) in [4.78, 5) is 31.1. The molecular weight excluding hydrogens is 1350 g/mol. The largest absolute Gasteiger partial charge is 1.00 e. The minimum atomic E-state index is -0.304. The van der Waals surface area contributed by atoms with Gasteiger partial charge in [0.2, 0.25) is 0 Å². The molecule has 1 aliphatic rings. The molecule has 1 rings (SSSR count). The van der Waals surface area contributed by atoms with Gasteiger partial charge in [0, 0.05) is 67.6 Å². The molecule has 0 radical (unpaired) electrons. The number of aliphatic hydroxyl groups is 4. The summed E-state index contributed by atoms with van der Waals surface area (Å²) in [6.45, 7) is 70.9. The number of hydrogen-bond donors (Lipinski definition) is 4. The van der Waals surface area contributed by atoms with Crippen LogP contribution in [0, 0.1) is 71.0 Å². The summed E-state index contributed by atoms with van der Waals surface area (Å²) >= 11 is 3.13. The van der Waals surface area contributed by atoms with E-state index < -0.39 is 0 Å². The van der Waals surface area contributed by atoms with Crippen molar-refractivity contribution in [3.05, 3.63) is 25.3 Å². The van der Waals surface area contributed by atoms with Gasteiger partial charge in [0.25, 0.3) is 0 Å². The number of hydrogen-bond acceptors (Lipinski definition) is 13. The molecule has 0 bridgehead atoms. The van der Waals surface area contributed by atoms with Gasteiger partial charge in [-0.2, -0.15) is 0 Å². The molecule has 1 heterocycles. The van der Waals surface area contributed by atoms with Gasteiger partial charge in [-0.05, 0) is 148 Å². The van der Waals surface area contributed by atoms with Gasteiger partial charge in [-0.3, -0.25) is 0 Å². The summed E-state index contributed by atoms with van der Waals surface area (Å²) in [5, 5.41) is 34.9. The second-order valence-electron chi connectivity index (χ2n) is 31.4. The number of ether oxygens (including phenoxy) is 6. The fourth-order valence-electron chi connectivity index (χ4n) is 8.25. The third-order valence-electron chi connectivity index (χ3n) is 15.0. The van der Waals surface area contributed by atoms with Gasteiger partial charge in [-0.1, -0.05) is 237 Å². The second-order valence-corrected chi connectivity index (χ2v) is 33.0. The van der Waals surface area contributed by atoms with Crippen LogP contribution >= 0.6 is 24.5 Å². The van der Waals surface area contributed by atoms with E-state index in [0.29, 0.717) is 50.3 Å². The van der Waals surface area contributed by atoms with E-state index in [-0.39, 0.29) is 100 Å². The molecule has 0 aromatic rings. The van der Waals surface area contributed by atoms with Crippen LogP contribution < -0.4 is 29.6 Å². The Morgan fingerprint density at radius 3 is 1.04 bits per heavy atom. The van der Waals surface area contributed by atoms with E-state index in [1.165, 1.54) is 83.5 Å². The quantitative estimate of drug-likeness (QED) is 0.0148. The summed E-state index contributed by atoms with van der Waals surface area (Å²) in [6.07, 6.45) is 31.1. The molecule has 0 saturated carbocycles. The van der Waals surface area contributed by atoms with Gasteiger partial charge in [0.1, 0.15) is 18.4 Å². The van der Waals surface area contributed by atoms with E-state index in [9.17, 15) is 14.4 Å². The van der Waals surface area contributed by atoms with Crippen molar-refractivity contribution in [3.8, 4) is 0 Å². The first kappa shape index (κ1) is 121. The van der Waals surface area contributed by atoms with Crippen molar-refractivity contribution in [2.24, 2.45) is 71.0 Å². The van der Waals surface area contributed by atoms with Crippen LogP contribution in [0.1, 0.15) is 318 Å². The molecule has 1 fully saturated rings. The number of alkyl halides is 1. The summed E-state index contributed by atoms with van der Waals surface area (Å²) in [6, 6.07) is 0. The van der Waals surface area contributed by atoms with Gasteiger partial charge in [-0.15, -0.1) is 21.7 Å². The molecule has 0 aromatic carbocycles. The average Bonchev–Trinajstić information content (AvgIpc) is 0.865. The van der Waals surface area contributed by atoms with Crippen molar-refractivity contribution in [3.63, 3.8) is 0 Å². The van der Waals surface area contributed by atoms with Gasteiger partial charge in [0.05, 0.1) is 70.2 Å². The maximum absolute atomic E-state index is 10.4. The van der Waals surface area contributed by atoms with E-state index in [1.807, 2.05) is 27.7 Å². The first-order valence-electron chi connectivity index (χ1n) is 39.3. The predicted octanol–water partition coefficient (Wildman–Crippen LogP) is 19.5. The molecule has 8 atom stereocenters. The first-order chi connectivity index (χ1) is 46.2. The van der Waals surface area contributed by atoms with Gasteiger partial charge < -0.3 is 64.7 Å². The molecule has 4 N–H and O–H groups in total.